The average molecular weight is 370 g/mol. The number of piperidine rings is 1. The standard InChI is InChI=1S/C23H35N3O/c1-18-4-6-21(7-5-18)23(10-11-23)22(27)26-12-8-20(9-13-26)19(2)25-16-14-24(3)15-17-25/h4-7,19-20H,8-17H2,1-3H3/t19-/m0/s1. The number of hydrogen-bond donors (Lipinski definition) is 0. The Bertz CT molecular complexity index is 651. The number of hydrogen-bond acceptors (Lipinski definition) is 3. The third kappa shape index (κ3) is 3.79. The first-order valence-corrected chi connectivity index (χ1v) is 10.8. The first-order valence-electron chi connectivity index (χ1n) is 10.8. The highest BCUT2D eigenvalue weighted by molar-refractivity contribution is 5.91. The minimum atomic E-state index is -0.205. The first-order chi connectivity index (χ1) is 13.0. The van der Waals surface area contributed by atoms with E-state index in [1.165, 1.54) is 37.3 Å². The van der Waals surface area contributed by atoms with Crippen molar-refractivity contribution in [1.29, 1.82) is 0 Å². The molecule has 0 spiro atoms. The number of aryl methyl sites for hydroxylation is 1. The van der Waals surface area contributed by atoms with E-state index >= 15 is 0 Å². The van der Waals surface area contributed by atoms with E-state index in [0.29, 0.717) is 11.9 Å². The van der Waals surface area contributed by atoms with Gasteiger partial charge < -0.3 is 9.80 Å². The first kappa shape index (κ1) is 18.9. The smallest absolute Gasteiger partial charge is 0.233 e. The van der Waals surface area contributed by atoms with Crippen LogP contribution in [0.2, 0.25) is 0 Å². The molecule has 148 valence electrons. The molecule has 3 aliphatic rings. The summed E-state index contributed by atoms with van der Waals surface area (Å²) in [7, 11) is 2.22. The van der Waals surface area contributed by atoms with Gasteiger partial charge >= 0.3 is 0 Å². The molecule has 4 rings (SSSR count). The molecule has 1 amide bonds. The lowest BCUT2D eigenvalue weighted by Gasteiger charge is -2.43. The predicted molar refractivity (Wildman–Crippen MR) is 110 cm³/mol. The van der Waals surface area contributed by atoms with Crippen LogP contribution in [0.15, 0.2) is 24.3 Å². The van der Waals surface area contributed by atoms with Crippen LogP contribution in [0, 0.1) is 12.8 Å². The Hall–Kier alpha value is -1.39. The number of nitrogens with zero attached hydrogens (tertiary/aromatic N) is 3. The second kappa shape index (κ2) is 7.56. The fraction of sp³-hybridized carbons (Fsp3) is 0.696. The second-order valence-corrected chi connectivity index (χ2v) is 9.16. The van der Waals surface area contributed by atoms with Gasteiger partial charge in [-0.25, -0.2) is 0 Å². The van der Waals surface area contributed by atoms with Crippen LogP contribution in [-0.4, -0.2) is 73.0 Å². The van der Waals surface area contributed by atoms with E-state index in [1.54, 1.807) is 0 Å². The van der Waals surface area contributed by atoms with Crippen LogP contribution in [0.3, 0.4) is 0 Å². The van der Waals surface area contributed by atoms with E-state index < -0.39 is 0 Å². The summed E-state index contributed by atoms with van der Waals surface area (Å²) in [6.07, 6.45) is 4.35. The fourth-order valence-electron chi connectivity index (χ4n) is 5.04. The summed E-state index contributed by atoms with van der Waals surface area (Å²) in [6, 6.07) is 9.27. The maximum atomic E-state index is 13.3. The zero-order chi connectivity index (χ0) is 19.0. The van der Waals surface area contributed by atoms with Gasteiger partial charge in [-0.15, -0.1) is 0 Å². The minimum absolute atomic E-state index is 0.205. The molecule has 1 atom stereocenters. The lowest BCUT2D eigenvalue weighted by atomic mass is 9.87. The lowest BCUT2D eigenvalue weighted by Crippen LogP contribution is -2.52. The van der Waals surface area contributed by atoms with Crippen molar-refractivity contribution in [2.24, 2.45) is 5.92 Å². The molecule has 4 heteroatoms. The van der Waals surface area contributed by atoms with Crippen molar-refractivity contribution in [3.8, 4) is 0 Å². The Morgan fingerprint density at radius 1 is 1.00 bits per heavy atom. The van der Waals surface area contributed by atoms with Crippen LogP contribution in [0.5, 0.6) is 0 Å². The van der Waals surface area contributed by atoms with Crippen LogP contribution in [-0.2, 0) is 10.2 Å². The Balaban J connectivity index is 1.34. The molecule has 0 radical (unpaired) electrons. The Labute approximate surface area is 164 Å². The van der Waals surface area contributed by atoms with Crippen molar-refractivity contribution in [2.75, 3.05) is 46.3 Å². The van der Waals surface area contributed by atoms with Crippen LogP contribution >= 0.6 is 0 Å². The highest BCUT2D eigenvalue weighted by Crippen LogP contribution is 2.50. The van der Waals surface area contributed by atoms with Crippen molar-refractivity contribution in [3.05, 3.63) is 35.4 Å². The van der Waals surface area contributed by atoms with Crippen molar-refractivity contribution in [3.63, 3.8) is 0 Å². The van der Waals surface area contributed by atoms with E-state index in [4.69, 9.17) is 0 Å². The summed E-state index contributed by atoms with van der Waals surface area (Å²) in [5, 5.41) is 0. The number of likely N-dealkylation sites (tertiary alicyclic amines) is 1. The zero-order valence-corrected chi connectivity index (χ0v) is 17.3. The van der Waals surface area contributed by atoms with Crippen molar-refractivity contribution in [1.82, 2.24) is 14.7 Å². The Kier molecular flexibility index (Phi) is 5.30. The third-order valence-electron chi connectivity index (χ3n) is 7.39. The molecule has 2 heterocycles. The summed E-state index contributed by atoms with van der Waals surface area (Å²) in [5.41, 5.74) is 2.29. The largest absolute Gasteiger partial charge is 0.342 e. The molecule has 2 aliphatic heterocycles. The van der Waals surface area contributed by atoms with Crippen molar-refractivity contribution in [2.45, 2.75) is 51.0 Å². The van der Waals surface area contributed by atoms with Gasteiger partial charge in [-0.1, -0.05) is 29.8 Å². The highest BCUT2D eigenvalue weighted by atomic mass is 16.2. The maximum absolute atomic E-state index is 13.3. The molecule has 0 N–H and O–H groups in total. The SMILES string of the molecule is Cc1ccc(C2(C(=O)N3CCC([C@H](C)N4CCN(C)CC4)CC3)CC2)cc1. The number of carbonyl (C=O) groups excluding carboxylic acids is 1. The van der Waals surface area contributed by atoms with Crippen molar-refractivity contribution < 1.29 is 4.79 Å². The van der Waals surface area contributed by atoms with E-state index in [0.717, 1.165) is 44.7 Å². The number of carbonyl (C=O) groups is 1. The van der Waals surface area contributed by atoms with Crippen LogP contribution < -0.4 is 0 Å². The molecule has 1 aliphatic carbocycles. The van der Waals surface area contributed by atoms with E-state index in [1.807, 2.05) is 0 Å². The summed E-state index contributed by atoms with van der Waals surface area (Å²) in [4.78, 5) is 20.5. The normalized spacial score (nSPS) is 25.4. The third-order valence-corrected chi connectivity index (χ3v) is 7.39. The van der Waals surface area contributed by atoms with Crippen LogP contribution in [0.4, 0.5) is 0 Å². The summed E-state index contributed by atoms with van der Waals surface area (Å²) < 4.78 is 0. The summed E-state index contributed by atoms with van der Waals surface area (Å²) in [5.74, 6) is 1.11. The summed E-state index contributed by atoms with van der Waals surface area (Å²) in [6.45, 7) is 11.1. The molecule has 1 aromatic rings. The molecule has 1 aromatic carbocycles. The lowest BCUT2D eigenvalue weighted by molar-refractivity contribution is -0.135. The molecular weight excluding hydrogens is 334 g/mol. The molecular formula is C23H35N3O. The second-order valence-electron chi connectivity index (χ2n) is 9.16. The number of rotatable bonds is 4. The molecule has 2 saturated heterocycles. The topological polar surface area (TPSA) is 26.8 Å². The van der Waals surface area contributed by atoms with Gasteiger partial charge in [0.2, 0.25) is 5.91 Å². The molecule has 1 saturated carbocycles. The zero-order valence-electron chi connectivity index (χ0n) is 17.3. The molecule has 0 bridgehead atoms. The minimum Gasteiger partial charge on any atom is -0.342 e. The van der Waals surface area contributed by atoms with E-state index in [9.17, 15) is 4.79 Å². The van der Waals surface area contributed by atoms with E-state index in [2.05, 4.69) is 59.9 Å². The number of piperazine rings is 1. The van der Waals surface area contributed by atoms with Crippen LogP contribution in [0.1, 0.15) is 43.7 Å². The van der Waals surface area contributed by atoms with Gasteiger partial charge in [0.25, 0.3) is 0 Å². The molecule has 0 aromatic heterocycles. The van der Waals surface area contributed by atoms with Gasteiger partial charge in [0.15, 0.2) is 0 Å². The van der Waals surface area contributed by atoms with Gasteiger partial charge in [-0.2, -0.15) is 0 Å². The molecule has 4 nitrogen and oxygen atoms in total. The molecule has 0 unspecified atom stereocenters. The van der Waals surface area contributed by atoms with Gasteiger partial charge in [-0.05, 0) is 58.1 Å². The number of benzene rings is 1. The average Bonchev–Trinajstić information content (AvgIpc) is 3.50. The van der Waals surface area contributed by atoms with Gasteiger partial charge in [-0.3, -0.25) is 9.69 Å². The monoisotopic (exact) mass is 369 g/mol. The Morgan fingerprint density at radius 2 is 1.59 bits per heavy atom. The summed E-state index contributed by atoms with van der Waals surface area (Å²) >= 11 is 0. The molecule has 27 heavy (non-hydrogen) atoms. The number of likely N-dealkylation sites (N-methyl/N-ethyl adjacent to an activating group) is 1. The van der Waals surface area contributed by atoms with E-state index in [-0.39, 0.29) is 5.41 Å². The maximum Gasteiger partial charge on any atom is 0.233 e. The number of amides is 1. The highest BCUT2D eigenvalue weighted by Gasteiger charge is 2.53. The Morgan fingerprint density at radius 3 is 2.15 bits per heavy atom. The van der Waals surface area contributed by atoms with Gasteiger partial charge in [0, 0.05) is 45.3 Å². The quantitative estimate of drug-likeness (QED) is 0.816. The fourth-order valence-corrected chi connectivity index (χ4v) is 5.04. The predicted octanol–water partition coefficient (Wildman–Crippen LogP) is 2.90. The molecule has 3 fully saturated rings. The van der Waals surface area contributed by atoms with Crippen molar-refractivity contribution >= 4 is 5.91 Å². The van der Waals surface area contributed by atoms with Gasteiger partial charge in [0.05, 0.1) is 5.41 Å². The van der Waals surface area contributed by atoms with Gasteiger partial charge in [0.1, 0.15) is 0 Å². The van der Waals surface area contributed by atoms with Crippen LogP contribution in [0.25, 0.3) is 0 Å².